The van der Waals surface area contributed by atoms with Crippen LogP contribution in [-0.2, 0) is 23.8 Å². The van der Waals surface area contributed by atoms with E-state index in [0.717, 1.165) is 0 Å². The predicted molar refractivity (Wildman–Crippen MR) is 184 cm³/mol. The first-order valence-corrected chi connectivity index (χ1v) is 17.1. The molecular formula is C38H73NO6. The van der Waals surface area contributed by atoms with Crippen LogP contribution in [0.4, 0.5) is 0 Å². The van der Waals surface area contributed by atoms with Crippen molar-refractivity contribution in [3.05, 3.63) is 0 Å². The molecule has 0 amide bonds. The van der Waals surface area contributed by atoms with Crippen LogP contribution in [0.1, 0.15) is 164 Å². The molecule has 0 aromatic carbocycles. The fourth-order valence-corrected chi connectivity index (χ4v) is 7.41. The van der Waals surface area contributed by atoms with Crippen molar-refractivity contribution >= 4 is 11.9 Å². The Labute approximate surface area is 277 Å². The molecule has 0 saturated carbocycles. The number of esters is 2. The van der Waals surface area contributed by atoms with E-state index in [-0.39, 0.29) is 35.0 Å². The summed E-state index contributed by atoms with van der Waals surface area (Å²) in [6.07, 6.45) is 1.93. The van der Waals surface area contributed by atoms with E-state index in [4.69, 9.17) is 14.2 Å². The standard InChI is InChI=1S/C38H73NO6/c1-26(33(11,12)24-38(20,31(5,6)7)29(41)45-36(17,18)25-43-32(8,9)10)37(19,23-30(2,3)4)28(40)44-27-21-34(13,14)39(42)35(15,16)22-27/h26-27,42H,21-25H2,1-20H3. The van der Waals surface area contributed by atoms with Crippen molar-refractivity contribution in [1.29, 1.82) is 0 Å². The van der Waals surface area contributed by atoms with E-state index in [0.29, 0.717) is 32.3 Å². The van der Waals surface area contributed by atoms with Gasteiger partial charge in [0.2, 0.25) is 0 Å². The number of rotatable bonds is 11. The molecule has 0 bridgehead atoms. The van der Waals surface area contributed by atoms with E-state index >= 15 is 0 Å². The van der Waals surface area contributed by atoms with Gasteiger partial charge >= 0.3 is 11.9 Å². The lowest BCUT2D eigenvalue weighted by Gasteiger charge is -2.53. The van der Waals surface area contributed by atoms with Gasteiger partial charge in [-0.15, -0.1) is 0 Å². The lowest BCUT2D eigenvalue weighted by atomic mass is 9.53. The van der Waals surface area contributed by atoms with E-state index in [2.05, 4.69) is 62.3 Å². The summed E-state index contributed by atoms with van der Waals surface area (Å²) >= 11 is 0. The molecule has 1 N–H and O–H groups in total. The van der Waals surface area contributed by atoms with Gasteiger partial charge in [0, 0.05) is 23.9 Å². The van der Waals surface area contributed by atoms with Crippen molar-refractivity contribution in [2.75, 3.05) is 6.61 Å². The zero-order valence-electron chi connectivity index (χ0n) is 33.1. The minimum atomic E-state index is -0.849. The van der Waals surface area contributed by atoms with Crippen LogP contribution in [0.3, 0.4) is 0 Å². The Hall–Kier alpha value is -1.18. The maximum absolute atomic E-state index is 14.4. The number of hydrogen-bond donors (Lipinski definition) is 1. The summed E-state index contributed by atoms with van der Waals surface area (Å²) < 4.78 is 18.7. The summed E-state index contributed by atoms with van der Waals surface area (Å²) in [6.45, 7) is 41.3. The Balaban J connectivity index is 3.48. The SMILES string of the molecule is CC(C(C)(C)CC(C)(C(=O)OC(C)(C)COC(C)(C)C)C(C)(C)C)C(C)(CC(C)(C)C)C(=O)OC1CC(C)(C)N(O)C(C)(C)C1. The third-order valence-corrected chi connectivity index (χ3v) is 10.5. The van der Waals surface area contributed by atoms with Gasteiger partial charge in [-0.2, -0.15) is 5.06 Å². The lowest BCUT2D eigenvalue weighted by molar-refractivity contribution is -0.261. The van der Waals surface area contributed by atoms with Crippen LogP contribution in [0.25, 0.3) is 0 Å². The minimum Gasteiger partial charge on any atom is -0.462 e. The number of hydroxylamine groups is 2. The highest BCUT2D eigenvalue weighted by Gasteiger charge is 2.56. The average molecular weight is 640 g/mol. The van der Waals surface area contributed by atoms with Crippen LogP contribution >= 0.6 is 0 Å². The zero-order valence-corrected chi connectivity index (χ0v) is 33.1. The van der Waals surface area contributed by atoms with Crippen molar-refractivity contribution < 1.29 is 29.0 Å². The monoisotopic (exact) mass is 640 g/mol. The highest BCUT2D eigenvalue weighted by molar-refractivity contribution is 5.79. The van der Waals surface area contributed by atoms with Gasteiger partial charge in [-0.3, -0.25) is 9.59 Å². The molecule has 0 aromatic rings. The van der Waals surface area contributed by atoms with Crippen LogP contribution < -0.4 is 0 Å². The Morgan fingerprint density at radius 3 is 1.60 bits per heavy atom. The second kappa shape index (κ2) is 13.0. The summed E-state index contributed by atoms with van der Waals surface area (Å²) in [4.78, 5) is 28.6. The van der Waals surface area contributed by atoms with E-state index in [1.54, 1.807) is 0 Å². The average Bonchev–Trinajstić information content (AvgIpc) is 2.77. The van der Waals surface area contributed by atoms with Gasteiger partial charge in [-0.05, 0) is 111 Å². The third kappa shape index (κ3) is 10.7. The van der Waals surface area contributed by atoms with E-state index < -0.39 is 38.3 Å². The van der Waals surface area contributed by atoms with Crippen LogP contribution in [0, 0.1) is 33.0 Å². The molecule has 1 rings (SSSR count). The predicted octanol–water partition coefficient (Wildman–Crippen LogP) is 9.62. The summed E-state index contributed by atoms with van der Waals surface area (Å²) in [6, 6.07) is 0. The van der Waals surface area contributed by atoms with Gasteiger partial charge in [-0.25, -0.2) is 0 Å². The first kappa shape index (κ1) is 41.8. The Morgan fingerprint density at radius 2 is 1.22 bits per heavy atom. The van der Waals surface area contributed by atoms with Crippen molar-refractivity contribution in [3.8, 4) is 0 Å². The molecule has 7 nitrogen and oxygen atoms in total. The molecule has 1 fully saturated rings. The quantitative estimate of drug-likeness (QED) is 0.225. The first-order chi connectivity index (χ1) is 19.5. The Kier molecular flexibility index (Phi) is 12.1. The molecular weight excluding hydrogens is 566 g/mol. The van der Waals surface area contributed by atoms with Crippen LogP contribution in [0.15, 0.2) is 0 Å². The van der Waals surface area contributed by atoms with Gasteiger partial charge in [0.15, 0.2) is 0 Å². The summed E-state index contributed by atoms with van der Waals surface area (Å²) in [5.41, 5.74) is -4.89. The van der Waals surface area contributed by atoms with Gasteiger partial charge in [-0.1, -0.05) is 62.3 Å². The highest BCUT2D eigenvalue weighted by atomic mass is 16.6. The van der Waals surface area contributed by atoms with Crippen LogP contribution in [-0.4, -0.2) is 57.2 Å². The smallest absolute Gasteiger partial charge is 0.312 e. The molecule has 1 aliphatic rings. The molecule has 0 radical (unpaired) electrons. The molecule has 266 valence electrons. The molecule has 1 aliphatic heterocycles. The molecule has 3 atom stereocenters. The molecule has 7 heteroatoms. The molecule has 45 heavy (non-hydrogen) atoms. The van der Waals surface area contributed by atoms with E-state index in [1.165, 1.54) is 5.06 Å². The maximum Gasteiger partial charge on any atom is 0.312 e. The summed E-state index contributed by atoms with van der Waals surface area (Å²) in [5.74, 6) is -0.595. The Morgan fingerprint density at radius 1 is 0.778 bits per heavy atom. The molecule has 0 spiro atoms. The number of ether oxygens (including phenoxy) is 3. The fraction of sp³-hybridized carbons (Fsp3) is 0.947. The van der Waals surface area contributed by atoms with Gasteiger partial charge < -0.3 is 19.4 Å². The molecule has 3 unspecified atom stereocenters. The largest absolute Gasteiger partial charge is 0.462 e. The molecule has 0 aromatic heterocycles. The van der Waals surface area contributed by atoms with E-state index in [9.17, 15) is 14.8 Å². The highest BCUT2D eigenvalue weighted by Crippen LogP contribution is 2.55. The fourth-order valence-electron chi connectivity index (χ4n) is 7.41. The number of carbonyl (C=O) groups is 2. The minimum absolute atomic E-state index is 0.137. The van der Waals surface area contributed by atoms with E-state index in [1.807, 2.05) is 76.2 Å². The molecule has 1 heterocycles. The first-order valence-electron chi connectivity index (χ1n) is 17.1. The van der Waals surface area contributed by atoms with Crippen molar-refractivity contribution in [2.45, 2.75) is 193 Å². The number of hydrogen-bond acceptors (Lipinski definition) is 7. The normalized spacial score (nSPS) is 22.2. The summed E-state index contributed by atoms with van der Waals surface area (Å²) in [5, 5.41) is 12.2. The molecule has 1 saturated heterocycles. The van der Waals surface area contributed by atoms with Crippen molar-refractivity contribution in [2.24, 2.45) is 33.0 Å². The summed E-state index contributed by atoms with van der Waals surface area (Å²) in [7, 11) is 0. The third-order valence-electron chi connectivity index (χ3n) is 10.5. The van der Waals surface area contributed by atoms with Crippen molar-refractivity contribution in [3.63, 3.8) is 0 Å². The Bertz CT molecular complexity index is 1020. The van der Waals surface area contributed by atoms with Crippen LogP contribution in [0.5, 0.6) is 0 Å². The van der Waals surface area contributed by atoms with Gasteiger partial charge in [0.05, 0.1) is 23.0 Å². The number of nitrogens with zero attached hydrogens (tertiary/aromatic N) is 1. The number of piperidine rings is 1. The maximum atomic E-state index is 14.4. The number of carbonyl (C=O) groups excluding carboxylic acids is 2. The van der Waals surface area contributed by atoms with Crippen LogP contribution in [0.2, 0.25) is 0 Å². The molecule has 0 aliphatic carbocycles. The van der Waals surface area contributed by atoms with Gasteiger partial charge in [0.1, 0.15) is 11.7 Å². The zero-order chi connectivity index (χ0) is 36.0. The van der Waals surface area contributed by atoms with Gasteiger partial charge in [0.25, 0.3) is 0 Å². The topological polar surface area (TPSA) is 85.3 Å². The van der Waals surface area contributed by atoms with Crippen molar-refractivity contribution in [1.82, 2.24) is 5.06 Å². The second-order valence-electron chi connectivity index (χ2n) is 20.5. The second-order valence-corrected chi connectivity index (χ2v) is 20.5. The lowest BCUT2D eigenvalue weighted by Crippen LogP contribution is -2.61.